The van der Waals surface area contributed by atoms with Crippen LogP contribution in [-0.4, -0.2) is 30.5 Å². The summed E-state index contributed by atoms with van der Waals surface area (Å²) in [6.45, 7) is 7.83. The highest BCUT2D eigenvalue weighted by Gasteiger charge is 2.11. The minimum Gasteiger partial charge on any atom is -0.484 e. The maximum Gasteiger partial charge on any atom is 0.261 e. The van der Waals surface area contributed by atoms with Gasteiger partial charge < -0.3 is 9.64 Å². The summed E-state index contributed by atoms with van der Waals surface area (Å²) in [5.74, 6) is -0.391. The molecule has 0 saturated heterocycles. The van der Waals surface area contributed by atoms with Crippen LogP contribution in [-0.2, 0) is 4.79 Å². The van der Waals surface area contributed by atoms with E-state index in [1.807, 2.05) is 0 Å². The van der Waals surface area contributed by atoms with Crippen molar-refractivity contribution in [3.8, 4) is 5.75 Å². The maximum atomic E-state index is 12.9. The van der Waals surface area contributed by atoms with Crippen molar-refractivity contribution >= 4 is 17.5 Å². The molecule has 0 aliphatic heterocycles. The van der Waals surface area contributed by atoms with Gasteiger partial charge in [-0.1, -0.05) is 23.8 Å². The molecule has 1 amide bonds. The summed E-state index contributed by atoms with van der Waals surface area (Å²) in [6.07, 6.45) is 3.24. The zero-order valence-electron chi connectivity index (χ0n) is 10.4. The van der Waals surface area contributed by atoms with Gasteiger partial charge in [-0.3, -0.25) is 4.79 Å². The second kappa shape index (κ2) is 7.59. The molecule has 0 aliphatic carbocycles. The Labute approximate surface area is 116 Å². The van der Waals surface area contributed by atoms with E-state index in [1.165, 1.54) is 23.1 Å². The van der Waals surface area contributed by atoms with Gasteiger partial charge in [0.25, 0.3) is 5.91 Å². The van der Waals surface area contributed by atoms with Crippen molar-refractivity contribution in [2.75, 3.05) is 19.7 Å². The maximum absolute atomic E-state index is 12.9. The van der Waals surface area contributed by atoms with E-state index in [2.05, 4.69) is 13.2 Å². The Morgan fingerprint density at radius 3 is 2.53 bits per heavy atom. The number of carbonyl (C=O) groups excluding carboxylic acids is 1. The van der Waals surface area contributed by atoms with E-state index in [4.69, 9.17) is 16.3 Å². The largest absolute Gasteiger partial charge is 0.484 e. The predicted molar refractivity (Wildman–Crippen MR) is 73.9 cm³/mol. The highest BCUT2D eigenvalue weighted by atomic mass is 35.5. The molecule has 0 unspecified atom stereocenters. The molecule has 0 N–H and O–H groups in total. The quantitative estimate of drug-likeness (QED) is 0.720. The van der Waals surface area contributed by atoms with Crippen molar-refractivity contribution < 1.29 is 13.9 Å². The summed E-state index contributed by atoms with van der Waals surface area (Å²) in [7, 11) is 0. The molecule has 0 aromatic heterocycles. The Hall–Kier alpha value is -1.81. The first-order chi connectivity index (χ1) is 9.08. The molecule has 0 aliphatic rings. The number of nitrogens with zero attached hydrogens (tertiary/aromatic N) is 1. The number of halogens is 2. The zero-order chi connectivity index (χ0) is 14.3. The van der Waals surface area contributed by atoms with Crippen LogP contribution in [0.4, 0.5) is 4.39 Å². The van der Waals surface area contributed by atoms with Crippen LogP contribution in [0.2, 0.25) is 5.02 Å². The molecular formula is C14H15ClFNO2. The smallest absolute Gasteiger partial charge is 0.261 e. The highest BCUT2D eigenvalue weighted by molar-refractivity contribution is 6.30. The van der Waals surface area contributed by atoms with Gasteiger partial charge in [-0.15, -0.1) is 13.2 Å². The third-order valence-electron chi connectivity index (χ3n) is 2.31. The van der Waals surface area contributed by atoms with Gasteiger partial charge in [0.15, 0.2) is 6.61 Å². The summed E-state index contributed by atoms with van der Waals surface area (Å²) in [4.78, 5) is 13.4. The number of hydrogen-bond acceptors (Lipinski definition) is 2. The van der Waals surface area contributed by atoms with E-state index in [9.17, 15) is 9.18 Å². The summed E-state index contributed by atoms with van der Waals surface area (Å²) in [6, 6.07) is 3.93. The van der Waals surface area contributed by atoms with E-state index in [0.29, 0.717) is 18.8 Å². The molecule has 5 heteroatoms. The lowest BCUT2D eigenvalue weighted by molar-refractivity contribution is -0.132. The molecule has 3 nitrogen and oxygen atoms in total. The van der Waals surface area contributed by atoms with Crippen LogP contribution in [0.5, 0.6) is 5.75 Å². The van der Waals surface area contributed by atoms with Crippen LogP contribution >= 0.6 is 11.6 Å². The third kappa shape index (κ3) is 4.75. The molecule has 0 spiro atoms. The molecular weight excluding hydrogens is 269 g/mol. The van der Waals surface area contributed by atoms with Crippen molar-refractivity contribution in [2.45, 2.75) is 0 Å². The molecule has 1 aromatic rings. The highest BCUT2D eigenvalue weighted by Crippen LogP contribution is 2.21. The Balaban J connectivity index is 2.58. The molecule has 1 aromatic carbocycles. The lowest BCUT2D eigenvalue weighted by Gasteiger charge is -2.19. The molecule has 0 bridgehead atoms. The van der Waals surface area contributed by atoms with E-state index >= 15 is 0 Å². The monoisotopic (exact) mass is 283 g/mol. The van der Waals surface area contributed by atoms with Crippen LogP contribution in [0, 0.1) is 5.82 Å². The molecule has 0 heterocycles. The van der Waals surface area contributed by atoms with E-state index < -0.39 is 5.82 Å². The molecule has 1 rings (SSSR count). The number of benzene rings is 1. The van der Waals surface area contributed by atoms with Crippen molar-refractivity contribution in [2.24, 2.45) is 0 Å². The van der Waals surface area contributed by atoms with Gasteiger partial charge in [-0.25, -0.2) is 4.39 Å². The number of hydrogen-bond donors (Lipinski definition) is 0. The van der Waals surface area contributed by atoms with Crippen molar-refractivity contribution in [3.63, 3.8) is 0 Å². The minimum atomic E-state index is -0.528. The van der Waals surface area contributed by atoms with Gasteiger partial charge >= 0.3 is 0 Å². The fraction of sp³-hybridized carbons (Fsp3) is 0.214. The van der Waals surface area contributed by atoms with Crippen LogP contribution in [0.25, 0.3) is 0 Å². The predicted octanol–water partition coefficient (Wildman–Crippen LogP) is 3.06. The summed E-state index contributed by atoms with van der Waals surface area (Å²) in [5, 5.41) is -0.0426. The van der Waals surface area contributed by atoms with Gasteiger partial charge in [-0.05, 0) is 12.1 Å². The van der Waals surface area contributed by atoms with Crippen LogP contribution in [0.15, 0.2) is 43.5 Å². The summed E-state index contributed by atoms with van der Waals surface area (Å²) < 4.78 is 18.2. The Morgan fingerprint density at radius 2 is 2.00 bits per heavy atom. The normalized spacial score (nSPS) is 9.79. The number of amides is 1. The fourth-order valence-electron chi connectivity index (χ4n) is 1.39. The van der Waals surface area contributed by atoms with Crippen molar-refractivity contribution in [1.29, 1.82) is 0 Å². The first kappa shape index (κ1) is 15.2. The molecule has 19 heavy (non-hydrogen) atoms. The first-order valence-electron chi connectivity index (χ1n) is 5.66. The van der Waals surface area contributed by atoms with Crippen LogP contribution in [0.1, 0.15) is 0 Å². The van der Waals surface area contributed by atoms with Gasteiger partial charge in [0.1, 0.15) is 11.6 Å². The topological polar surface area (TPSA) is 29.5 Å². The molecule has 0 saturated carbocycles. The average Bonchev–Trinajstić information content (AvgIpc) is 2.39. The Kier molecular flexibility index (Phi) is 6.09. The fourth-order valence-corrected chi connectivity index (χ4v) is 1.56. The first-order valence-corrected chi connectivity index (χ1v) is 6.03. The van der Waals surface area contributed by atoms with Gasteiger partial charge in [-0.2, -0.15) is 0 Å². The minimum absolute atomic E-state index is 0.0426. The van der Waals surface area contributed by atoms with Crippen molar-refractivity contribution in [3.05, 3.63) is 54.3 Å². The number of carbonyl (C=O) groups is 1. The van der Waals surface area contributed by atoms with Gasteiger partial charge in [0.2, 0.25) is 0 Å². The van der Waals surface area contributed by atoms with Crippen molar-refractivity contribution in [1.82, 2.24) is 4.90 Å². The van der Waals surface area contributed by atoms with E-state index in [0.717, 1.165) is 0 Å². The molecule has 0 radical (unpaired) electrons. The third-order valence-corrected chi connectivity index (χ3v) is 2.59. The summed E-state index contributed by atoms with van der Waals surface area (Å²) >= 11 is 5.61. The summed E-state index contributed by atoms with van der Waals surface area (Å²) in [5.41, 5.74) is 0. The van der Waals surface area contributed by atoms with E-state index in [1.54, 1.807) is 12.2 Å². The molecule has 0 atom stereocenters. The zero-order valence-corrected chi connectivity index (χ0v) is 11.2. The Morgan fingerprint density at radius 1 is 1.37 bits per heavy atom. The lowest BCUT2D eigenvalue weighted by Crippen LogP contribution is -2.35. The van der Waals surface area contributed by atoms with Crippen LogP contribution in [0.3, 0.4) is 0 Å². The standard InChI is InChI=1S/C14H15ClFNO2/c1-3-7-17(8-4-2)14(18)10-19-11-5-6-13(16)12(15)9-11/h3-6,9H,1-2,7-8,10H2. The second-order valence-electron chi connectivity index (χ2n) is 3.74. The second-order valence-corrected chi connectivity index (χ2v) is 4.15. The molecule has 102 valence electrons. The Bertz CT molecular complexity index is 467. The van der Waals surface area contributed by atoms with E-state index in [-0.39, 0.29) is 17.5 Å². The SMILES string of the molecule is C=CCN(CC=C)C(=O)COc1ccc(F)c(Cl)c1. The van der Waals surface area contributed by atoms with Gasteiger partial charge in [0, 0.05) is 19.2 Å². The lowest BCUT2D eigenvalue weighted by atomic mass is 10.3. The molecule has 0 fully saturated rings. The number of rotatable bonds is 7. The van der Waals surface area contributed by atoms with Gasteiger partial charge in [0.05, 0.1) is 5.02 Å². The average molecular weight is 284 g/mol. The number of ether oxygens (including phenoxy) is 1. The van der Waals surface area contributed by atoms with Crippen LogP contribution < -0.4 is 4.74 Å².